The first kappa shape index (κ1) is 22.2. The van der Waals surface area contributed by atoms with Gasteiger partial charge in [-0.25, -0.2) is 9.59 Å². The van der Waals surface area contributed by atoms with Crippen LogP contribution in [-0.4, -0.2) is 33.4 Å². The SMILES string of the molecule is C=CC(=O)O.C=CC(=O)O.CCC(Cl)CCCCl. The number of hydrogen-bond donors (Lipinski definition) is 2. The molecule has 0 spiro atoms. The molecule has 0 rings (SSSR count). The van der Waals surface area contributed by atoms with E-state index in [-0.39, 0.29) is 0 Å². The van der Waals surface area contributed by atoms with Gasteiger partial charge in [0.05, 0.1) is 0 Å². The normalized spacial score (nSPS) is 9.72. The summed E-state index contributed by atoms with van der Waals surface area (Å²) < 4.78 is 0. The molecule has 0 saturated heterocycles. The number of aliphatic carboxylic acids is 2. The van der Waals surface area contributed by atoms with E-state index in [1.54, 1.807) is 0 Å². The van der Waals surface area contributed by atoms with Gasteiger partial charge in [-0.1, -0.05) is 20.1 Å². The predicted octanol–water partition coefficient (Wildman–Crippen LogP) is 3.54. The van der Waals surface area contributed by atoms with Gasteiger partial charge in [-0.15, -0.1) is 23.2 Å². The molecule has 2 N–H and O–H groups in total. The van der Waals surface area contributed by atoms with Crippen molar-refractivity contribution in [2.75, 3.05) is 5.88 Å². The molecule has 106 valence electrons. The topological polar surface area (TPSA) is 74.6 Å². The Morgan fingerprint density at radius 1 is 1.22 bits per heavy atom. The number of carboxylic acids is 2. The molecule has 0 amide bonds. The van der Waals surface area contributed by atoms with Crippen LogP contribution >= 0.6 is 23.2 Å². The Labute approximate surface area is 118 Å². The second kappa shape index (κ2) is 18.4. The molecule has 18 heavy (non-hydrogen) atoms. The molecule has 0 aromatic carbocycles. The summed E-state index contributed by atoms with van der Waals surface area (Å²) in [5.74, 6) is -1.22. The molecule has 4 nitrogen and oxygen atoms in total. The van der Waals surface area contributed by atoms with Crippen molar-refractivity contribution in [2.45, 2.75) is 31.6 Å². The molecule has 0 saturated carbocycles. The number of alkyl halides is 2. The van der Waals surface area contributed by atoms with E-state index in [1.807, 2.05) is 0 Å². The lowest BCUT2D eigenvalue weighted by atomic mass is 10.2. The van der Waals surface area contributed by atoms with Crippen molar-refractivity contribution >= 4 is 35.1 Å². The largest absolute Gasteiger partial charge is 0.478 e. The summed E-state index contributed by atoms with van der Waals surface area (Å²) in [5, 5.41) is 15.5. The zero-order chi connectivity index (χ0) is 15.0. The van der Waals surface area contributed by atoms with E-state index in [0.717, 1.165) is 37.3 Å². The van der Waals surface area contributed by atoms with Gasteiger partial charge in [0.15, 0.2) is 0 Å². The van der Waals surface area contributed by atoms with E-state index in [0.29, 0.717) is 5.38 Å². The van der Waals surface area contributed by atoms with Gasteiger partial charge in [0, 0.05) is 23.4 Å². The summed E-state index contributed by atoms with van der Waals surface area (Å²) >= 11 is 11.2. The fourth-order valence-corrected chi connectivity index (χ4v) is 0.811. The first-order valence-corrected chi connectivity index (χ1v) is 6.23. The average molecular weight is 299 g/mol. The molecule has 0 fully saturated rings. The van der Waals surface area contributed by atoms with Crippen LogP contribution in [0.3, 0.4) is 0 Å². The molecule has 0 aliphatic heterocycles. The molecule has 0 aliphatic rings. The Morgan fingerprint density at radius 2 is 1.56 bits per heavy atom. The van der Waals surface area contributed by atoms with Crippen LogP contribution < -0.4 is 0 Å². The summed E-state index contributed by atoms with van der Waals surface area (Å²) in [4.78, 5) is 18.5. The molecular formula is C12H20Cl2O4. The Hall–Kier alpha value is -1.00. The van der Waals surface area contributed by atoms with E-state index >= 15 is 0 Å². The smallest absolute Gasteiger partial charge is 0.327 e. The summed E-state index contributed by atoms with van der Waals surface area (Å²) in [5.41, 5.74) is 0. The van der Waals surface area contributed by atoms with Gasteiger partial charge in [0.25, 0.3) is 0 Å². The highest BCUT2D eigenvalue weighted by Gasteiger charge is 1.97. The minimum absolute atomic E-state index is 0.341. The van der Waals surface area contributed by atoms with Crippen LogP contribution in [0.4, 0.5) is 0 Å². The van der Waals surface area contributed by atoms with Crippen molar-refractivity contribution in [1.29, 1.82) is 0 Å². The van der Waals surface area contributed by atoms with E-state index in [1.165, 1.54) is 0 Å². The minimum atomic E-state index is -0.981. The van der Waals surface area contributed by atoms with Crippen molar-refractivity contribution < 1.29 is 19.8 Å². The van der Waals surface area contributed by atoms with Crippen molar-refractivity contribution in [1.82, 2.24) is 0 Å². The van der Waals surface area contributed by atoms with E-state index in [2.05, 4.69) is 20.1 Å². The number of carboxylic acid groups (broad SMARTS) is 2. The van der Waals surface area contributed by atoms with Crippen LogP contribution in [0, 0.1) is 0 Å². The Morgan fingerprint density at radius 3 is 1.72 bits per heavy atom. The van der Waals surface area contributed by atoms with Gasteiger partial charge in [-0.2, -0.15) is 0 Å². The maximum Gasteiger partial charge on any atom is 0.327 e. The highest BCUT2D eigenvalue weighted by atomic mass is 35.5. The second-order valence-electron chi connectivity index (χ2n) is 2.92. The molecule has 0 aromatic heterocycles. The van der Waals surface area contributed by atoms with Crippen molar-refractivity contribution in [3.63, 3.8) is 0 Å². The highest BCUT2D eigenvalue weighted by Crippen LogP contribution is 2.08. The molecule has 0 aliphatic carbocycles. The average Bonchev–Trinajstić information content (AvgIpc) is 2.37. The summed E-state index contributed by atoms with van der Waals surface area (Å²) in [6, 6.07) is 0. The van der Waals surface area contributed by atoms with Crippen LogP contribution in [0.15, 0.2) is 25.3 Å². The van der Waals surface area contributed by atoms with Crippen LogP contribution in [-0.2, 0) is 9.59 Å². The van der Waals surface area contributed by atoms with E-state index in [9.17, 15) is 9.59 Å². The first-order valence-electron chi connectivity index (χ1n) is 5.26. The Kier molecular flexibility index (Phi) is 22.7. The molecule has 0 radical (unpaired) electrons. The Balaban J connectivity index is -0.000000197. The van der Waals surface area contributed by atoms with Gasteiger partial charge in [0.2, 0.25) is 0 Å². The van der Waals surface area contributed by atoms with Crippen molar-refractivity contribution in [2.24, 2.45) is 0 Å². The van der Waals surface area contributed by atoms with Gasteiger partial charge in [-0.05, 0) is 19.3 Å². The zero-order valence-electron chi connectivity index (χ0n) is 10.4. The van der Waals surface area contributed by atoms with E-state index in [4.69, 9.17) is 33.4 Å². The molecule has 1 atom stereocenters. The van der Waals surface area contributed by atoms with Gasteiger partial charge >= 0.3 is 11.9 Å². The molecule has 1 unspecified atom stereocenters. The molecule has 6 heteroatoms. The molecule has 0 bridgehead atoms. The second-order valence-corrected chi connectivity index (χ2v) is 3.92. The van der Waals surface area contributed by atoms with Crippen molar-refractivity contribution in [3.8, 4) is 0 Å². The lowest BCUT2D eigenvalue weighted by Gasteiger charge is -2.01. The third kappa shape index (κ3) is 36.3. The predicted molar refractivity (Wildman–Crippen MR) is 75.6 cm³/mol. The van der Waals surface area contributed by atoms with Gasteiger partial charge in [-0.3, -0.25) is 0 Å². The zero-order valence-corrected chi connectivity index (χ0v) is 12.0. The quantitative estimate of drug-likeness (QED) is 0.581. The lowest BCUT2D eigenvalue weighted by Crippen LogP contribution is -1.94. The van der Waals surface area contributed by atoms with Crippen LogP contribution in [0.1, 0.15) is 26.2 Å². The Bertz CT molecular complexity index is 224. The third-order valence-corrected chi connectivity index (χ3v) is 2.24. The maximum absolute atomic E-state index is 9.25. The van der Waals surface area contributed by atoms with Gasteiger partial charge in [0.1, 0.15) is 0 Å². The third-order valence-electron chi connectivity index (χ3n) is 1.44. The van der Waals surface area contributed by atoms with Crippen molar-refractivity contribution in [3.05, 3.63) is 25.3 Å². The first-order chi connectivity index (χ1) is 8.35. The summed E-state index contributed by atoms with van der Waals surface area (Å²) in [7, 11) is 0. The molecule has 0 heterocycles. The van der Waals surface area contributed by atoms with Gasteiger partial charge < -0.3 is 10.2 Å². The number of rotatable bonds is 6. The number of halogens is 2. The summed E-state index contributed by atoms with van der Waals surface area (Å²) in [6.45, 7) is 8.01. The number of carbonyl (C=O) groups is 2. The molecular weight excluding hydrogens is 279 g/mol. The monoisotopic (exact) mass is 298 g/mol. The minimum Gasteiger partial charge on any atom is -0.478 e. The number of hydrogen-bond acceptors (Lipinski definition) is 2. The maximum atomic E-state index is 9.25. The summed E-state index contributed by atoms with van der Waals surface area (Å²) in [6.07, 6.45) is 4.82. The standard InChI is InChI=1S/C6H12Cl2.2C3H4O2/c1-2-6(8)4-3-5-7;2*1-2-3(4)5/h6H,2-5H2,1H3;2*2H,1H2,(H,4,5). The molecule has 0 aromatic rings. The lowest BCUT2D eigenvalue weighted by molar-refractivity contribution is -0.132. The van der Waals surface area contributed by atoms with Crippen LogP contribution in [0.2, 0.25) is 0 Å². The fourth-order valence-electron chi connectivity index (χ4n) is 0.503. The van der Waals surface area contributed by atoms with Crippen LogP contribution in [0.25, 0.3) is 0 Å². The van der Waals surface area contributed by atoms with E-state index < -0.39 is 11.9 Å². The fraction of sp³-hybridized carbons (Fsp3) is 0.500. The highest BCUT2D eigenvalue weighted by molar-refractivity contribution is 6.20. The van der Waals surface area contributed by atoms with Crippen LogP contribution in [0.5, 0.6) is 0 Å².